The van der Waals surface area contributed by atoms with Gasteiger partial charge >= 0.3 is 0 Å². The van der Waals surface area contributed by atoms with Crippen LogP contribution in [-0.4, -0.2) is 41.3 Å². The first-order valence-electron chi connectivity index (χ1n) is 7.85. The number of nitrogens with zero attached hydrogens (tertiary/aromatic N) is 1. The van der Waals surface area contributed by atoms with Gasteiger partial charge in [0.2, 0.25) is 5.75 Å². The molecule has 0 spiro atoms. The summed E-state index contributed by atoms with van der Waals surface area (Å²) in [6.07, 6.45) is 0. The number of ether oxygens (including phenoxy) is 3. The molecule has 0 aliphatic carbocycles. The number of carbonyl (C=O) groups is 1. The van der Waals surface area contributed by atoms with Crippen molar-refractivity contribution in [2.45, 2.75) is 6.54 Å². The number of methoxy groups -OCH3 is 3. The molecule has 0 bridgehead atoms. The van der Waals surface area contributed by atoms with E-state index in [4.69, 9.17) is 14.2 Å². The number of nitrogens with one attached hydrogen (secondary N) is 1. The molecule has 0 aliphatic rings. The molecule has 0 fully saturated rings. The third-order valence-electron chi connectivity index (χ3n) is 3.85. The zero-order chi connectivity index (χ0) is 18.4. The van der Waals surface area contributed by atoms with Crippen molar-refractivity contribution >= 4 is 11.6 Å². The zero-order valence-electron chi connectivity index (χ0n) is 15.3. The van der Waals surface area contributed by atoms with E-state index in [1.165, 1.54) is 21.3 Å². The quantitative estimate of drug-likeness (QED) is 0.837. The van der Waals surface area contributed by atoms with E-state index in [9.17, 15) is 4.79 Å². The molecule has 2 aromatic rings. The van der Waals surface area contributed by atoms with Crippen molar-refractivity contribution in [2.75, 3.05) is 40.3 Å². The summed E-state index contributed by atoms with van der Waals surface area (Å²) in [5, 5.41) is 2.90. The highest BCUT2D eigenvalue weighted by Crippen LogP contribution is 2.39. The van der Waals surface area contributed by atoms with Gasteiger partial charge in [0.1, 0.15) is 0 Å². The average Bonchev–Trinajstić information content (AvgIpc) is 2.64. The number of benzene rings is 2. The van der Waals surface area contributed by atoms with E-state index in [2.05, 4.69) is 5.32 Å². The molecule has 2 rings (SSSR count). The van der Waals surface area contributed by atoms with E-state index in [1.54, 1.807) is 12.1 Å². The Morgan fingerprint density at radius 1 is 0.920 bits per heavy atom. The average molecular weight is 344 g/mol. The Balaban J connectivity index is 2.15. The first kappa shape index (κ1) is 18.4. The zero-order valence-corrected chi connectivity index (χ0v) is 15.3. The topological polar surface area (TPSA) is 60.0 Å². The van der Waals surface area contributed by atoms with Gasteiger partial charge in [-0.15, -0.1) is 0 Å². The van der Waals surface area contributed by atoms with Crippen LogP contribution >= 0.6 is 0 Å². The van der Waals surface area contributed by atoms with Crippen molar-refractivity contribution in [3.8, 4) is 17.2 Å². The molecule has 0 atom stereocenters. The molecule has 0 aliphatic heterocycles. The summed E-state index contributed by atoms with van der Waals surface area (Å²) in [5.74, 6) is 1.01. The molecule has 134 valence electrons. The minimum atomic E-state index is -0.241. The molecule has 25 heavy (non-hydrogen) atoms. The van der Waals surface area contributed by atoms with Gasteiger partial charge < -0.3 is 24.4 Å². The highest BCUT2D eigenvalue weighted by atomic mass is 16.5. The van der Waals surface area contributed by atoms with Crippen molar-refractivity contribution in [3.63, 3.8) is 0 Å². The molecular formula is C19H24N2O4. The second-order valence-corrected chi connectivity index (χ2v) is 5.63. The lowest BCUT2D eigenvalue weighted by Gasteiger charge is -2.16. The highest BCUT2D eigenvalue weighted by molar-refractivity contribution is 5.98. The Labute approximate surface area is 148 Å². The molecule has 0 heterocycles. The third-order valence-corrected chi connectivity index (χ3v) is 3.85. The highest BCUT2D eigenvalue weighted by Gasteiger charge is 2.20. The van der Waals surface area contributed by atoms with Crippen molar-refractivity contribution < 1.29 is 19.0 Å². The summed E-state index contributed by atoms with van der Waals surface area (Å²) < 4.78 is 15.9. The van der Waals surface area contributed by atoms with Crippen molar-refractivity contribution in [1.29, 1.82) is 0 Å². The predicted molar refractivity (Wildman–Crippen MR) is 98.0 cm³/mol. The van der Waals surface area contributed by atoms with Crippen molar-refractivity contribution in [1.82, 2.24) is 5.32 Å². The number of hydrogen-bond acceptors (Lipinski definition) is 5. The lowest BCUT2D eigenvalue weighted by Crippen LogP contribution is -2.23. The normalized spacial score (nSPS) is 10.1. The maximum Gasteiger partial charge on any atom is 0.255 e. The Hall–Kier alpha value is -2.89. The van der Waals surface area contributed by atoms with Crippen LogP contribution in [-0.2, 0) is 6.54 Å². The smallest absolute Gasteiger partial charge is 0.255 e. The Kier molecular flexibility index (Phi) is 6.11. The molecule has 1 N–H and O–H groups in total. The summed E-state index contributed by atoms with van der Waals surface area (Å²) in [5.41, 5.74) is 2.51. The summed E-state index contributed by atoms with van der Waals surface area (Å²) >= 11 is 0. The van der Waals surface area contributed by atoms with E-state index in [1.807, 2.05) is 43.3 Å². The molecule has 0 radical (unpaired) electrons. The minimum absolute atomic E-state index is 0.241. The van der Waals surface area contributed by atoms with Crippen LogP contribution in [0.3, 0.4) is 0 Å². The first-order chi connectivity index (χ1) is 12.0. The number of anilines is 1. The number of carbonyl (C=O) groups excluding carboxylic acids is 1. The van der Waals surface area contributed by atoms with Gasteiger partial charge in [0.15, 0.2) is 11.5 Å². The van der Waals surface area contributed by atoms with E-state index >= 15 is 0 Å². The Bertz CT molecular complexity index is 727. The fourth-order valence-electron chi connectivity index (χ4n) is 2.47. The van der Waals surface area contributed by atoms with E-state index < -0.39 is 0 Å². The number of rotatable bonds is 7. The fraction of sp³-hybridized carbons (Fsp3) is 0.316. The molecule has 0 saturated carbocycles. The molecular weight excluding hydrogens is 320 g/mol. The monoisotopic (exact) mass is 344 g/mol. The number of hydrogen-bond donors (Lipinski definition) is 1. The Morgan fingerprint density at radius 2 is 1.56 bits per heavy atom. The fourth-order valence-corrected chi connectivity index (χ4v) is 2.47. The molecule has 6 heteroatoms. The van der Waals surface area contributed by atoms with Crippen LogP contribution in [0, 0.1) is 0 Å². The largest absolute Gasteiger partial charge is 0.493 e. The van der Waals surface area contributed by atoms with Crippen LogP contribution in [0.2, 0.25) is 0 Å². The lowest BCUT2D eigenvalue weighted by atomic mass is 10.1. The van der Waals surface area contributed by atoms with Crippen LogP contribution in [0.25, 0.3) is 0 Å². The van der Waals surface area contributed by atoms with Gasteiger partial charge in [-0.2, -0.15) is 0 Å². The molecule has 0 unspecified atom stereocenters. The van der Waals surface area contributed by atoms with E-state index in [0.29, 0.717) is 29.4 Å². The summed E-state index contributed by atoms with van der Waals surface area (Å²) in [4.78, 5) is 14.6. The van der Waals surface area contributed by atoms with Crippen LogP contribution in [0.15, 0.2) is 36.4 Å². The number of amides is 1. The summed E-state index contributed by atoms with van der Waals surface area (Å²) in [6, 6.07) is 11.3. The predicted octanol–water partition coefficient (Wildman–Crippen LogP) is 2.71. The van der Waals surface area contributed by atoms with Gasteiger partial charge in [-0.25, -0.2) is 0 Å². The maximum atomic E-state index is 12.5. The molecule has 0 saturated heterocycles. The van der Waals surface area contributed by atoms with Crippen molar-refractivity contribution in [2.24, 2.45) is 0 Å². The molecule has 2 aromatic carbocycles. The van der Waals surface area contributed by atoms with Crippen LogP contribution in [0.4, 0.5) is 5.69 Å². The van der Waals surface area contributed by atoms with Gasteiger partial charge in [-0.1, -0.05) is 12.1 Å². The van der Waals surface area contributed by atoms with Gasteiger partial charge in [0.05, 0.1) is 26.9 Å². The Morgan fingerprint density at radius 3 is 2.08 bits per heavy atom. The second-order valence-electron chi connectivity index (χ2n) is 5.63. The SMILES string of the molecule is COc1ccc(C(=O)NCc2ccc(N(C)C)cc2)c(OC)c1OC. The van der Waals surface area contributed by atoms with E-state index in [-0.39, 0.29) is 5.91 Å². The molecule has 1 amide bonds. The van der Waals surface area contributed by atoms with Gasteiger partial charge in [-0.05, 0) is 29.8 Å². The lowest BCUT2D eigenvalue weighted by molar-refractivity contribution is 0.0947. The maximum absolute atomic E-state index is 12.5. The standard InChI is InChI=1S/C19H24N2O4/c1-21(2)14-8-6-13(7-9-14)12-20-19(22)15-10-11-16(23-3)18(25-5)17(15)24-4/h6-11H,12H2,1-5H3,(H,20,22). The summed E-state index contributed by atoms with van der Waals surface area (Å²) in [6.45, 7) is 0.421. The van der Waals surface area contributed by atoms with Gasteiger partial charge in [0.25, 0.3) is 5.91 Å². The van der Waals surface area contributed by atoms with Gasteiger partial charge in [0, 0.05) is 26.3 Å². The van der Waals surface area contributed by atoms with Crippen LogP contribution in [0.1, 0.15) is 15.9 Å². The third kappa shape index (κ3) is 4.15. The van der Waals surface area contributed by atoms with Crippen molar-refractivity contribution in [3.05, 3.63) is 47.5 Å². The molecule has 6 nitrogen and oxygen atoms in total. The van der Waals surface area contributed by atoms with Crippen LogP contribution < -0.4 is 24.4 Å². The van der Waals surface area contributed by atoms with Gasteiger partial charge in [-0.3, -0.25) is 4.79 Å². The van der Waals surface area contributed by atoms with Crippen LogP contribution in [0.5, 0.6) is 17.2 Å². The second kappa shape index (κ2) is 8.28. The summed E-state index contributed by atoms with van der Waals surface area (Å²) in [7, 11) is 8.51. The van der Waals surface area contributed by atoms with E-state index in [0.717, 1.165) is 11.3 Å². The molecule has 0 aromatic heterocycles. The first-order valence-corrected chi connectivity index (χ1v) is 7.85. The minimum Gasteiger partial charge on any atom is -0.493 e.